The van der Waals surface area contributed by atoms with Crippen molar-refractivity contribution in [3.63, 3.8) is 0 Å². The monoisotopic (exact) mass is 280 g/mol. The zero-order chi connectivity index (χ0) is 14.7. The highest BCUT2D eigenvalue weighted by Crippen LogP contribution is 2.18. The summed E-state index contributed by atoms with van der Waals surface area (Å²) in [5, 5.41) is 4.45. The fourth-order valence-corrected chi connectivity index (χ4v) is 2.68. The maximum Gasteiger partial charge on any atom is 0.327 e. The van der Waals surface area contributed by atoms with Crippen molar-refractivity contribution < 1.29 is 9.53 Å². The van der Waals surface area contributed by atoms with Crippen LogP contribution in [0.15, 0.2) is 0 Å². The van der Waals surface area contributed by atoms with Crippen LogP contribution < -0.4 is 5.73 Å². The third kappa shape index (κ3) is 3.37. The van der Waals surface area contributed by atoms with E-state index in [9.17, 15) is 4.79 Å². The molecule has 0 aliphatic carbocycles. The molecule has 6 nitrogen and oxygen atoms in total. The maximum atomic E-state index is 11.6. The minimum absolute atomic E-state index is 0.181. The predicted molar refractivity (Wildman–Crippen MR) is 76.2 cm³/mol. The standard InChI is InChI=1S/C14H24N4O2/c1-4-20-14(19)9-18-11(3)13(10(2)16-18)8-17-6-5-12(15)7-17/h12H,4-9,15H2,1-3H3/t12-/m0/s1. The first kappa shape index (κ1) is 15.0. The molecular weight excluding hydrogens is 256 g/mol. The van der Waals surface area contributed by atoms with Crippen LogP contribution in [0.5, 0.6) is 0 Å². The molecule has 1 aliphatic rings. The Morgan fingerprint density at radius 3 is 2.85 bits per heavy atom. The zero-order valence-corrected chi connectivity index (χ0v) is 12.6. The Hall–Kier alpha value is -1.40. The summed E-state index contributed by atoms with van der Waals surface area (Å²) >= 11 is 0. The average Bonchev–Trinajstić information content (AvgIpc) is 2.89. The van der Waals surface area contributed by atoms with E-state index >= 15 is 0 Å². The van der Waals surface area contributed by atoms with Crippen molar-refractivity contribution in [3.05, 3.63) is 17.0 Å². The van der Waals surface area contributed by atoms with Crippen molar-refractivity contribution in [1.82, 2.24) is 14.7 Å². The van der Waals surface area contributed by atoms with Crippen LogP contribution in [0.2, 0.25) is 0 Å². The van der Waals surface area contributed by atoms with Crippen LogP contribution in [-0.4, -0.2) is 46.4 Å². The number of nitrogens with zero attached hydrogens (tertiary/aromatic N) is 3. The lowest BCUT2D eigenvalue weighted by atomic mass is 10.2. The second-order valence-electron chi connectivity index (χ2n) is 5.40. The van der Waals surface area contributed by atoms with Gasteiger partial charge in [0.05, 0.1) is 12.3 Å². The number of ether oxygens (including phenoxy) is 1. The number of esters is 1. The summed E-state index contributed by atoms with van der Waals surface area (Å²) in [7, 11) is 0. The lowest BCUT2D eigenvalue weighted by Crippen LogP contribution is -2.26. The van der Waals surface area contributed by atoms with Crippen LogP contribution in [0.4, 0.5) is 0 Å². The number of aryl methyl sites for hydroxylation is 1. The fraction of sp³-hybridized carbons (Fsp3) is 0.714. The van der Waals surface area contributed by atoms with Gasteiger partial charge in [0, 0.05) is 36.9 Å². The van der Waals surface area contributed by atoms with Gasteiger partial charge in [0.25, 0.3) is 0 Å². The van der Waals surface area contributed by atoms with E-state index in [0.717, 1.165) is 37.4 Å². The van der Waals surface area contributed by atoms with Gasteiger partial charge in [-0.2, -0.15) is 5.10 Å². The van der Waals surface area contributed by atoms with E-state index in [2.05, 4.69) is 10.00 Å². The van der Waals surface area contributed by atoms with Gasteiger partial charge in [0.2, 0.25) is 0 Å². The molecule has 112 valence electrons. The summed E-state index contributed by atoms with van der Waals surface area (Å²) < 4.78 is 6.71. The normalized spacial score (nSPS) is 19.5. The smallest absolute Gasteiger partial charge is 0.327 e. The Bertz CT molecular complexity index is 484. The molecule has 2 rings (SSSR count). The minimum atomic E-state index is -0.243. The third-order valence-corrected chi connectivity index (χ3v) is 3.81. The molecule has 1 saturated heterocycles. The second kappa shape index (κ2) is 6.37. The molecule has 0 radical (unpaired) electrons. The van der Waals surface area contributed by atoms with Gasteiger partial charge in [-0.05, 0) is 27.2 Å². The average molecular weight is 280 g/mol. The Labute approximate surface area is 119 Å². The molecule has 2 heterocycles. The number of carbonyl (C=O) groups is 1. The van der Waals surface area contributed by atoms with Crippen molar-refractivity contribution in [2.45, 2.75) is 46.3 Å². The van der Waals surface area contributed by atoms with Crippen LogP contribution in [0.1, 0.15) is 30.3 Å². The first-order chi connectivity index (χ1) is 9.51. The van der Waals surface area contributed by atoms with E-state index in [1.54, 1.807) is 11.6 Å². The molecule has 1 fully saturated rings. The molecule has 0 amide bonds. The van der Waals surface area contributed by atoms with Crippen LogP contribution in [-0.2, 0) is 22.6 Å². The molecule has 1 atom stereocenters. The molecule has 6 heteroatoms. The van der Waals surface area contributed by atoms with E-state index in [0.29, 0.717) is 6.61 Å². The first-order valence-electron chi connectivity index (χ1n) is 7.17. The fourth-order valence-electron chi connectivity index (χ4n) is 2.68. The van der Waals surface area contributed by atoms with Crippen molar-refractivity contribution in [2.75, 3.05) is 19.7 Å². The molecule has 1 aliphatic heterocycles. The SMILES string of the molecule is CCOC(=O)Cn1nc(C)c(CN2CC[C@H](N)C2)c1C. The quantitative estimate of drug-likeness (QED) is 0.799. The Morgan fingerprint density at radius 1 is 1.50 bits per heavy atom. The number of hydrogen-bond acceptors (Lipinski definition) is 5. The van der Waals surface area contributed by atoms with E-state index in [1.165, 1.54) is 5.56 Å². The maximum absolute atomic E-state index is 11.6. The van der Waals surface area contributed by atoms with Gasteiger partial charge in [-0.15, -0.1) is 0 Å². The molecule has 0 spiro atoms. The van der Waals surface area contributed by atoms with Gasteiger partial charge in [-0.25, -0.2) is 0 Å². The summed E-state index contributed by atoms with van der Waals surface area (Å²) in [6.07, 6.45) is 1.05. The lowest BCUT2D eigenvalue weighted by molar-refractivity contribution is -0.144. The Balaban J connectivity index is 2.06. The number of nitrogens with two attached hydrogens (primary N) is 1. The summed E-state index contributed by atoms with van der Waals surface area (Å²) in [6, 6.07) is 0.283. The van der Waals surface area contributed by atoms with E-state index in [4.69, 9.17) is 10.5 Å². The topological polar surface area (TPSA) is 73.4 Å². The summed E-state index contributed by atoms with van der Waals surface area (Å²) in [5.41, 5.74) is 9.15. The van der Waals surface area contributed by atoms with Gasteiger partial charge in [0.15, 0.2) is 0 Å². The number of aromatic nitrogens is 2. The number of hydrogen-bond donors (Lipinski definition) is 1. The molecule has 20 heavy (non-hydrogen) atoms. The highest BCUT2D eigenvalue weighted by Gasteiger charge is 2.22. The first-order valence-corrected chi connectivity index (χ1v) is 7.17. The van der Waals surface area contributed by atoms with Gasteiger partial charge in [-0.3, -0.25) is 14.4 Å². The Kier molecular flexibility index (Phi) is 4.77. The highest BCUT2D eigenvalue weighted by molar-refractivity contribution is 5.69. The predicted octanol–water partition coefficient (Wildman–Crippen LogP) is 0.596. The van der Waals surface area contributed by atoms with Crippen molar-refractivity contribution in [3.8, 4) is 0 Å². The molecular formula is C14H24N4O2. The van der Waals surface area contributed by atoms with Crippen molar-refractivity contribution in [2.24, 2.45) is 5.73 Å². The van der Waals surface area contributed by atoms with E-state index in [1.807, 2.05) is 13.8 Å². The molecule has 0 unspecified atom stereocenters. The van der Waals surface area contributed by atoms with Gasteiger partial charge >= 0.3 is 5.97 Å². The van der Waals surface area contributed by atoms with E-state index < -0.39 is 0 Å². The minimum Gasteiger partial charge on any atom is -0.465 e. The Morgan fingerprint density at radius 2 is 2.25 bits per heavy atom. The molecule has 2 N–H and O–H groups in total. The zero-order valence-electron chi connectivity index (χ0n) is 12.6. The number of likely N-dealkylation sites (tertiary alicyclic amines) is 1. The van der Waals surface area contributed by atoms with Crippen molar-refractivity contribution >= 4 is 5.97 Å². The lowest BCUT2D eigenvalue weighted by Gasteiger charge is -2.15. The van der Waals surface area contributed by atoms with Crippen LogP contribution >= 0.6 is 0 Å². The van der Waals surface area contributed by atoms with Gasteiger partial charge in [0.1, 0.15) is 6.54 Å². The molecule has 0 saturated carbocycles. The molecule has 1 aromatic heterocycles. The molecule has 1 aromatic rings. The van der Waals surface area contributed by atoms with Crippen LogP contribution in [0.3, 0.4) is 0 Å². The molecule has 0 bridgehead atoms. The largest absolute Gasteiger partial charge is 0.465 e. The highest BCUT2D eigenvalue weighted by atomic mass is 16.5. The van der Waals surface area contributed by atoms with Crippen molar-refractivity contribution in [1.29, 1.82) is 0 Å². The third-order valence-electron chi connectivity index (χ3n) is 3.81. The second-order valence-corrected chi connectivity index (χ2v) is 5.40. The van der Waals surface area contributed by atoms with E-state index in [-0.39, 0.29) is 18.6 Å². The molecule has 0 aromatic carbocycles. The summed E-state index contributed by atoms with van der Waals surface area (Å²) in [4.78, 5) is 13.9. The number of carbonyl (C=O) groups excluding carboxylic acids is 1. The van der Waals surface area contributed by atoms with Gasteiger partial charge in [-0.1, -0.05) is 0 Å². The summed E-state index contributed by atoms with van der Waals surface area (Å²) in [6.45, 7) is 9.20. The number of rotatable bonds is 5. The van der Waals surface area contributed by atoms with Gasteiger partial charge < -0.3 is 10.5 Å². The van der Waals surface area contributed by atoms with Crippen LogP contribution in [0, 0.1) is 13.8 Å². The summed E-state index contributed by atoms with van der Waals surface area (Å²) in [5.74, 6) is -0.243. The van der Waals surface area contributed by atoms with Crippen LogP contribution in [0.25, 0.3) is 0 Å².